The van der Waals surface area contributed by atoms with Gasteiger partial charge >= 0.3 is 5.91 Å². The van der Waals surface area contributed by atoms with Crippen LogP contribution in [0.25, 0.3) is 11.4 Å². The fourth-order valence-corrected chi connectivity index (χ4v) is 7.60. The van der Waals surface area contributed by atoms with E-state index in [2.05, 4.69) is 15.2 Å². The molecule has 1 unspecified atom stereocenters. The maximum absolute atomic E-state index is 14.0. The maximum atomic E-state index is 14.0. The summed E-state index contributed by atoms with van der Waals surface area (Å²) >= 11 is 2.51. The predicted molar refractivity (Wildman–Crippen MR) is 189 cm³/mol. The summed E-state index contributed by atoms with van der Waals surface area (Å²) in [6.45, 7) is 4.21. The molecule has 1 aliphatic rings. The lowest BCUT2D eigenvalue weighted by Gasteiger charge is -2.23. The molecule has 6 aromatic rings. The number of amides is 1. The number of ketones is 1. The molecule has 0 aliphatic carbocycles. The van der Waals surface area contributed by atoms with Gasteiger partial charge in [-0.1, -0.05) is 77.7 Å². The van der Waals surface area contributed by atoms with Crippen LogP contribution in [0.1, 0.15) is 41.0 Å². The number of nitrogens with zero attached hydrogens (tertiary/aromatic N) is 5. The highest BCUT2D eigenvalue weighted by Crippen LogP contribution is 2.46. The molecule has 1 saturated heterocycles. The van der Waals surface area contributed by atoms with Gasteiger partial charge in [0.15, 0.2) is 21.6 Å². The van der Waals surface area contributed by atoms with Crippen LogP contribution in [0.15, 0.2) is 107 Å². The second-order valence-electron chi connectivity index (χ2n) is 11.3. The van der Waals surface area contributed by atoms with Crippen molar-refractivity contribution in [2.45, 2.75) is 36.6 Å². The Balaban J connectivity index is 1.31. The van der Waals surface area contributed by atoms with Crippen molar-refractivity contribution in [2.75, 3.05) is 11.5 Å². The molecule has 0 bridgehead atoms. The van der Waals surface area contributed by atoms with Crippen LogP contribution in [-0.2, 0) is 21.9 Å². The molecule has 13 heteroatoms. The first-order valence-corrected chi connectivity index (χ1v) is 17.5. The van der Waals surface area contributed by atoms with E-state index < -0.39 is 17.7 Å². The number of fused-ring (bicyclic) bond motifs is 1. The number of carbonyl (C=O) groups is 2. The summed E-state index contributed by atoms with van der Waals surface area (Å²) in [5.74, 6) is -1.06. The molecule has 4 heterocycles. The van der Waals surface area contributed by atoms with Crippen LogP contribution in [0.3, 0.4) is 0 Å². The summed E-state index contributed by atoms with van der Waals surface area (Å²) in [6, 6.07) is 25.4. The molecule has 252 valence electrons. The number of aliphatic hydroxyl groups is 1. The van der Waals surface area contributed by atoms with Gasteiger partial charge in [-0.25, -0.2) is 9.37 Å². The van der Waals surface area contributed by atoms with Gasteiger partial charge in [0.25, 0.3) is 5.78 Å². The number of pyridine rings is 1. The number of aromatic nitrogens is 4. The summed E-state index contributed by atoms with van der Waals surface area (Å²) in [6.07, 6.45) is 1.73. The average molecular weight is 708 g/mol. The Kier molecular flexibility index (Phi) is 9.33. The van der Waals surface area contributed by atoms with E-state index in [-0.39, 0.29) is 22.3 Å². The molecule has 0 spiro atoms. The second-order valence-corrected chi connectivity index (χ2v) is 13.5. The lowest BCUT2D eigenvalue weighted by atomic mass is 9.96. The Labute approximate surface area is 294 Å². The standard InChI is InChI=1S/C37H30FN5O5S2/c1-3-47-28-19-25(14-17-27(28)48-20-23-9-5-4-6-10-23)32-30(33(44)31-22(2)39-29-11-7-8-18-42(29)31)34(45)35(46)43(32)36-40-41-37(50-36)49-21-24-12-15-26(38)16-13-24/h4-19,32,44H,3,20-21H2,1-2H3/b33-30+. The molecule has 3 aromatic heterocycles. The molecule has 1 atom stereocenters. The Morgan fingerprint density at radius 1 is 0.940 bits per heavy atom. The van der Waals surface area contributed by atoms with Crippen LogP contribution in [-0.4, -0.2) is 43.0 Å². The Morgan fingerprint density at radius 3 is 2.50 bits per heavy atom. The minimum absolute atomic E-state index is 0.125. The van der Waals surface area contributed by atoms with Gasteiger partial charge in [-0.3, -0.25) is 18.9 Å². The molecule has 1 N–H and O–H groups in total. The van der Waals surface area contributed by atoms with Crippen molar-refractivity contribution in [2.24, 2.45) is 0 Å². The van der Waals surface area contributed by atoms with Crippen molar-refractivity contribution in [3.05, 3.63) is 137 Å². The van der Waals surface area contributed by atoms with Gasteiger partial charge in [0, 0.05) is 11.9 Å². The lowest BCUT2D eigenvalue weighted by molar-refractivity contribution is -0.132. The van der Waals surface area contributed by atoms with E-state index in [1.807, 2.05) is 43.3 Å². The monoisotopic (exact) mass is 707 g/mol. The van der Waals surface area contributed by atoms with Gasteiger partial charge < -0.3 is 14.6 Å². The molecule has 1 amide bonds. The van der Waals surface area contributed by atoms with Crippen LogP contribution in [0, 0.1) is 12.7 Å². The number of ether oxygens (including phenoxy) is 2. The van der Waals surface area contributed by atoms with E-state index in [9.17, 15) is 19.1 Å². The van der Waals surface area contributed by atoms with Crippen LogP contribution >= 0.6 is 23.1 Å². The van der Waals surface area contributed by atoms with Gasteiger partial charge in [-0.15, -0.1) is 10.2 Å². The number of carbonyl (C=O) groups excluding carboxylic acids is 2. The van der Waals surface area contributed by atoms with Crippen molar-refractivity contribution in [1.82, 2.24) is 19.6 Å². The van der Waals surface area contributed by atoms with Crippen molar-refractivity contribution in [3.8, 4) is 11.5 Å². The first-order chi connectivity index (χ1) is 24.3. The number of hydrogen-bond donors (Lipinski definition) is 1. The van der Waals surface area contributed by atoms with Crippen LogP contribution in [0.5, 0.6) is 11.5 Å². The van der Waals surface area contributed by atoms with Crippen LogP contribution in [0.2, 0.25) is 0 Å². The average Bonchev–Trinajstić information content (AvgIpc) is 3.81. The van der Waals surface area contributed by atoms with Crippen molar-refractivity contribution < 1.29 is 28.6 Å². The minimum Gasteiger partial charge on any atom is -0.505 e. The minimum atomic E-state index is -1.09. The van der Waals surface area contributed by atoms with E-state index in [0.717, 1.165) is 22.5 Å². The van der Waals surface area contributed by atoms with Crippen LogP contribution < -0.4 is 14.4 Å². The van der Waals surface area contributed by atoms with Crippen molar-refractivity contribution in [1.29, 1.82) is 0 Å². The SMILES string of the molecule is CCOc1cc(C2/C(=C(\O)c3c(C)nc4ccccn34)C(=O)C(=O)N2c2nnc(SCc3ccc(F)cc3)s2)ccc1OCc1ccccc1. The van der Waals surface area contributed by atoms with E-state index in [4.69, 9.17) is 9.47 Å². The maximum Gasteiger partial charge on any atom is 0.301 e. The number of hydrogen-bond acceptors (Lipinski definition) is 10. The van der Waals surface area contributed by atoms with E-state index in [1.165, 1.54) is 28.8 Å². The van der Waals surface area contributed by atoms with Crippen molar-refractivity contribution >= 4 is 51.3 Å². The molecule has 10 nitrogen and oxygen atoms in total. The summed E-state index contributed by atoms with van der Waals surface area (Å²) in [7, 11) is 0. The smallest absolute Gasteiger partial charge is 0.301 e. The zero-order valence-corrected chi connectivity index (χ0v) is 28.6. The Bertz CT molecular complexity index is 2240. The fourth-order valence-electron chi connectivity index (χ4n) is 5.77. The number of halogens is 1. The Hall–Kier alpha value is -5.53. The second kappa shape index (κ2) is 14.1. The summed E-state index contributed by atoms with van der Waals surface area (Å²) in [5.41, 5.74) is 3.57. The van der Waals surface area contributed by atoms with Crippen molar-refractivity contribution in [3.63, 3.8) is 0 Å². The van der Waals surface area contributed by atoms with Gasteiger partial charge in [0.2, 0.25) is 5.13 Å². The highest BCUT2D eigenvalue weighted by molar-refractivity contribution is 8.00. The van der Waals surface area contributed by atoms with Gasteiger partial charge in [-0.05, 0) is 66.9 Å². The summed E-state index contributed by atoms with van der Waals surface area (Å²) < 4.78 is 27.8. The normalized spacial score (nSPS) is 15.6. The number of aryl methyl sites for hydroxylation is 1. The third-order valence-corrected chi connectivity index (χ3v) is 10.2. The topological polar surface area (TPSA) is 119 Å². The zero-order valence-electron chi connectivity index (χ0n) is 26.9. The third kappa shape index (κ3) is 6.44. The number of thioether (sulfide) groups is 1. The summed E-state index contributed by atoms with van der Waals surface area (Å²) in [5, 5.41) is 20.7. The predicted octanol–water partition coefficient (Wildman–Crippen LogP) is 7.53. The number of imidazole rings is 1. The number of aliphatic hydroxyl groups excluding tert-OH is 1. The van der Waals surface area contributed by atoms with Gasteiger partial charge in [-0.2, -0.15) is 0 Å². The number of rotatable bonds is 11. The number of benzene rings is 3. The molecule has 0 saturated carbocycles. The lowest BCUT2D eigenvalue weighted by Crippen LogP contribution is -2.29. The highest BCUT2D eigenvalue weighted by Gasteiger charge is 2.49. The molecule has 1 fully saturated rings. The largest absolute Gasteiger partial charge is 0.505 e. The number of Topliss-reactive ketones (excluding diaryl/α,β-unsaturated/α-hetero) is 1. The zero-order chi connectivity index (χ0) is 34.8. The highest BCUT2D eigenvalue weighted by atomic mass is 32.2. The van der Waals surface area contributed by atoms with Crippen LogP contribution in [0.4, 0.5) is 9.52 Å². The fraction of sp³-hybridized carbons (Fsp3) is 0.162. The quantitative estimate of drug-likeness (QED) is 0.0479. The first kappa shape index (κ1) is 33.0. The third-order valence-electron chi connectivity index (χ3n) is 8.07. The Morgan fingerprint density at radius 2 is 1.72 bits per heavy atom. The molecule has 0 radical (unpaired) electrons. The number of anilines is 1. The van der Waals surface area contributed by atoms with Gasteiger partial charge in [0.1, 0.15) is 23.8 Å². The molecule has 7 rings (SSSR count). The molecule has 50 heavy (non-hydrogen) atoms. The molecular formula is C37H30FN5O5S2. The first-order valence-electron chi connectivity index (χ1n) is 15.7. The molecular weight excluding hydrogens is 678 g/mol. The molecule has 3 aromatic carbocycles. The summed E-state index contributed by atoms with van der Waals surface area (Å²) in [4.78, 5) is 33.7. The molecule has 1 aliphatic heterocycles. The van der Waals surface area contributed by atoms with E-state index in [0.29, 0.717) is 57.4 Å². The van der Waals surface area contributed by atoms with E-state index in [1.54, 1.807) is 60.0 Å². The van der Waals surface area contributed by atoms with Gasteiger partial charge in [0.05, 0.1) is 23.9 Å². The van der Waals surface area contributed by atoms with E-state index >= 15 is 0 Å².